The molecule has 4 heteroatoms. The van der Waals surface area contributed by atoms with Gasteiger partial charge in [-0.25, -0.2) is 0 Å². The molecule has 0 saturated heterocycles. The number of rotatable bonds is 3. The van der Waals surface area contributed by atoms with Crippen molar-refractivity contribution in [2.24, 2.45) is 5.41 Å². The zero-order valence-electron chi connectivity index (χ0n) is 18.3. The highest BCUT2D eigenvalue weighted by Gasteiger charge is 2.32. The molecular weight excluding hydrogens is 362 g/mol. The molecule has 0 unspecified atom stereocenters. The van der Waals surface area contributed by atoms with Gasteiger partial charge in [0.1, 0.15) is 0 Å². The molecule has 1 aliphatic heterocycles. The fourth-order valence-corrected chi connectivity index (χ4v) is 4.40. The second-order valence-electron chi connectivity index (χ2n) is 9.22. The van der Waals surface area contributed by atoms with Crippen LogP contribution in [0.15, 0.2) is 24.3 Å². The van der Waals surface area contributed by atoms with E-state index in [4.69, 9.17) is 0 Å². The van der Waals surface area contributed by atoms with E-state index in [-0.39, 0.29) is 12.3 Å². The van der Waals surface area contributed by atoms with E-state index in [0.29, 0.717) is 13.1 Å². The standard InChI is InChI=1S/C25H31NO3/c1-15-7-9-18(10-8-15)23-17(3)21-14-26(24(29)25(4,5)6)12-11-19(21)16(2)20(23)13-22(27)28/h7-10H,11-14H2,1-6H3,(H,27,28). The van der Waals surface area contributed by atoms with Crippen LogP contribution in [-0.2, 0) is 29.0 Å². The van der Waals surface area contributed by atoms with Gasteiger partial charge in [0.25, 0.3) is 0 Å². The Hall–Kier alpha value is -2.62. The summed E-state index contributed by atoms with van der Waals surface area (Å²) in [5.41, 5.74) is 8.25. The van der Waals surface area contributed by atoms with E-state index in [0.717, 1.165) is 34.2 Å². The van der Waals surface area contributed by atoms with Crippen molar-refractivity contribution in [2.75, 3.05) is 6.54 Å². The van der Waals surface area contributed by atoms with E-state index in [1.165, 1.54) is 16.7 Å². The van der Waals surface area contributed by atoms with Crippen LogP contribution in [-0.4, -0.2) is 28.4 Å². The Morgan fingerprint density at radius 2 is 1.62 bits per heavy atom. The highest BCUT2D eigenvalue weighted by Crippen LogP contribution is 2.38. The third-order valence-electron chi connectivity index (χ3n) is 5.98. The normalized spacial score (nSPS) is 13.9. The molecule has 1 amide bonds. The van der Waals surface area contributed by atoms with Crippen molar-refractivity contribution < 1.29 is 14.7 Å². The highest BCUT2D eigenvalue weighted by atomic mass is 16.4. The lowest BCUT2D eigenvalue weighted by Gasteiger charge is -2.36. The number of carbonyl (C=O) groups excluding carboxylic acids is 1. The summed E-state index contributed by atoms with van der Waals surface area (Å²) < 4.78 is 0. The number of aryl methyl sites for hydroxylation is 1. The Morgan fingerprint density at radius 1 is 1.00 bits per heavy atom. The average Bonchev–Trinajstić information content (AvgIpc) is 2.65. The molecule has 0 saturated carbocycles. The summed E-state index contributed by atoms with van der Waals surface area (Å²) in [5.74, 6) is -0.659. The van der Waals surface area contributed by atoms with E-state index >= 15 is 0 Å². The summed E-state index contributed by atoms with van der Waals surface area (Å²) in [7, 11) is 0. The first-order valence-electron chi connectivity index (χ1n) is 10.2. The Kier molecular flexibility index (Phi) is 5.57. The number of carbonyl (C=O) groups is 2. The van der Waals surface area contributed by atoms with Crippen LogP contribution in [0.4, 0.5) is 0 Å². The molecule has 4 nitrogen and oxygen atoms in total. The van der Waals surface area contributed by atoms with Gasteiger partial charge in [-0.05, 0) is 66.1 Å². The Balaban J connectivity index is 2.18. The summed E-state index contributed by atoms with van der Waals surface area (Å²) in [6.45, 7) is 13.3. The summed E-state index contributed by atoms with van der Waals surface area (Å²) in [4.78, 5) is 26.5. The van der Waals surface area contributed by atoms with E-state index in [2.05, 4.69) is 31.2 Å². The van der Waals surface area contributed by atoms with Crippen molar-refractivity contribution in [3.8, 4) is 11.1 Å². The van der Waals surface area contributed by atoms with Crippen molar-refractivity contribution in [3.05, 3.63) is 57.6 Å². The van der Waals surface area contributed by atoms with E-state index in [1.807, 2.05) is 39.5 Å². The largest absolute Gasteiger partial charge is 0.481 e. The first-order chi connectivity index (χ1) is 13.5. The minimum absolute atomic E-state index is 0.00774. The van der Waals surface area contributed by atoms with Crippen molar-refractivity contribution >= 4 is 11.9 Å². The molecule has 154 valence electrons. The third-order valence-corrected chi connectivity index (χ3v) is 5.98. The van der Waals surface area contributed by atoms with E-state index in [9.17, 15) is 14.7 Å². The molecule has 0 spiro atoms. The Labute approximate surface area is 173 Å². The maximum Gasteiger partial charge on any atom is 0.307 e. The second kappa shape index (κ2) is 7.66. The fraction of sp³-hybridized carbons (Fsp3) is 0.440. The van der Waals surface area contributed by atoms with Crippen molar-refractivity contribution in [1.82, 2.24) is 4.90 Å². The minimum atomic E-state index is -0.818. The molecule has 1 aliphatic rings. The minimum Gasteiger partial charge on any atom is -0.481 e. The zero-order chi connectivity index (χ0) is 21.5. The first-order valence-corrected chi connectivity index (χ1v) is 10.2. The van der Waals surface area contributed by atoms with Gasteiger partial charge in [0.2, 0.25) is 5.91 Å². The molecule has 0 aliphatic carbocycles. The number of nitrogens with zero attached hydrogens (tertiary/aromatic N) is 1. The number of amides is 1. The average molecular weight is 394 g/mol. The quantitative estimate of drug-likeness (QED) is 0.812. The molecule has 2 aromatic rings. The number of fused-ring (bicyclic) bond motifs is 1. The number of carboxylic acids is 1. The number of carboxylic acid groups (broad SMARTS) is 1. The first kappa shape index (κ1) is 21.1. The van der Waals surface area contributed by atoms with E-state index in [1.54, 1.807) is 0 Å². The SMILES string of the molecule is Cc1ccc(-c2c(C)c3c(c(C)c2CC(=O)O)CCN(C(=O)C(C)(C)C)C3)cc1. The van der Waals surface area contributed by atoms with Crippen LogP contribution in [0.5, 0.6) is 0 Å². The lowest BCUT2D eigenvalue weighted by molar-refractivity contribution is -0.140. The lowest BCUT2D eigenvalue weighted by Crippen LogP contribution is -2.43. The van der Waals surface area contributed by atoms with Gasteiger partial charge in [-0.1, -0.05) is 50.6 Å². The molecular formula is C25H31NO3. The van der Waals surface area contributed by atoms with Gasteiger partial charge in [-0.15, -0.1) is 0 Å². The van der Waals surface area contributed by atoms with Crippen molar-refractivity contribution in [3.63, 3.8) is 0 Å². The van der Waals surface area contributed by atoms with Gasteiger partial charge in [0, 0.05) is 18.5 Å². The number of hydrogen-bond donors (Lipinski definition) is 1. The summed E-state index contributed by atoms with van der Waals surface area (Å²) in [6.07, 6.45) is 0.776. The second-order valence-corrected chi connectivity index (χ2v) is 9.22. The predicted molar refractivity (Wildman–Crippen MR) is 116 cm³/mol. The highest BCUT2D eigenvalue weighted by molar-refractivity contribution is 5.84. The monoisotopic (exact) mass is 393 g/mol. The van der Waals surface area contributed by atoms with Gasteiger partial charge in [0.15, 0.2) is 0 Å². The molecule has 0 radical (unpaired) electrons. The van der Waals surface area contributed by atoms with Gasteiger partial charge in [-0.2, -0.15) is 0 Å². The van der Waals surface area contributed by atoms with Crippen LogP contribution in [0.25, 0.3) is 11.1 Å². The smallest absolute Gasteiger partial charge is 0.307 e. The maximum absolute atomic E-state index is 12.9. The summed E-state index contributed by atoms with van der Waals surface area (Å²) in [6, 6.07) is 8.25. The molecule has 1 heterocycles. The molecule has 0 aromatic heterocycles. The molecule has 1 N–H and O–H groups in total. The molecule has 0 fully saturated rings. The topological polar surface area (TPSA) is 57.6 Å². The van der Waals surface area contributed by atoms with Gasteiger partial charge < -0.3 is 10.0 Å². The summed E-state index contributed by atoms with van der Waals surface area (Å²) in [5, 5.41) is 9.55. The third kappa shape index (κ3) is 4.07. The Bertz CT molecular complexity index is 965. The van der Waals surface area contributed by atoms with Crippen LogP contribution < -0.4 is 0 Å². The Morgan fingerprint density at radius 3 is 2.17 bits per heavy atom. The lowest BCUT2D eigenvalue weighted by atomic mass is 9.80. The number of benzene rings is 2. The van der Waals surface area contributed by atoms with Gasteiger partial charge in [0.05, 0.1) is 6.42 Å². The van der Waals surface area contributed by atoms with Gasteiger partial charge >= 0.3 is 5.97 Å². The van der Waals surface area contributed by atoms with Gasteiger partial charge in [-0.3, -0.25) is 9.59 Å². The van der Waals surface area contributed by atoms with Crippen LogP contribution in [0.3, 0.4) is 0 Å². The number of hydrogen-bond acceptors (Lipinski definition) is 2. The molecule has 3 rings (SSSR count). The molecule has 2 aromatic carbocycles. The van der Waals surface area contributed by atoms with Crippen molar-refractivity contribution in [2.45, 2.75) is 60.9 Å². The zero-order valence-corrected chi connectivity index (χ0v) is 18.3. The fourth-order valence-electron chi connectivity index (χ4n) is 4.40. The van der Waals surface area contributed by atoms with Crippen molar-refractivity contribution in [1.29, 1.82) is 0 Å². The summed E-state index contributed by atoms with van der Waals surface area (Å²) >= 11 is 0. The molecule has 0 bridgehead atoms. The maximum atomic E-state index is 12.9. The van der Waals surface area contributed by atoms with Crippen LogP contribution >= 0.6 is 0 Å². The predicted octanol–water partition coefficient (Wildman–Crippen LogP) is 4.84. The number of aliphatic carboxylic acids is 1. The van der Waals surface area contributed by atoms with Crippen LogP contribution in [0.1, 0.15) is 54.2 Å². The molecule has 29 heavy (non-hydrogen) atoms. The van der Waals surface area contributed by atoms with Crippen LogP contribution in [0, 0.1) is 26.2 Å². The van der Waals surface area contributed by atoms with Crippen LogP contribution in [0.2, 0.25) is 0 Å². The van der Waals surface area contributed by atoms with E-state index < -0.39 is 11.4 Å². The molecule has 0 atom stereocenters.